The fourth-order valence-electron chi connectivity index (χ4n) is 5.22. The van der Waals surface area contributed by atoms with Gasteiger partial charge in [0.15, 0.2) is 0 Å². The molecule has 1 heterocycles. The number of anilines is 2. The van der Waals surface area contributed by atoms with Crippen LogP contribution in [-0.4, -0.2) is 42.9 Å². The van der Waals surface area contributed by atoms with Gasteiger partial charge in [0.1, 0.15) is 0 Å². The Bertz CT molecular complexity index is 1710. The average molecular weight is 643 g/mol. The Hall–Kier alpha value is -3.68. The first kappa shape index (κ1) is 25.6. The fraction of sp³-hybridized carbons (Fsp3) is 0.125. The number of fused-ring (bicyclic) bond motifs is 2. The van der Waals surface area contributed by atoms with Gasteiger partial charge in [-0.2, -0.15) is 0 Å². The molecule has 5 aromatic carbocycles. The summed E-state index contributed by atoms with van der Waals surface area (Å²) in [5.41, 5.74) is 3.19. The van der Waals surface area contributed by atoms with E-state index in [9.17, 15) is 9.59 Å². The van der Waals surface area contributed by atoms with Gasteiger partial charge in [0.25, 0.3) is 11.8 Å². The van der Waals surface area contributed by atoms with Crippen molar-refractivity contribution in [2.45, 2.75) is 0 Å². The number of carbonyl (C=O) groups is 2. The topological polar surface area (TPSA) is 52.7 Å². The molecule has 1 aliphatic rings. The summed E-state index contributed by atoms with van der Waals surface area (Å²) in [5, 5.41) is 6.95. The van der Waals surface area contributed by atoms with Gasteiger partial charge in [-0.25, -0.2) is 0 Å². The number of hydrogen-bond acceptors (Lipinski definition) is 3. The Kier molecular flexibility index (Phi) is 7.11. The van der Waals surface area contributed by atoms with Crippen LogP contribution in [0.3, 0.4) is 0 Å². The molecule has 5 nitrogen and oxygen atoms in total. The van der Waals surface area contributed by atoms with E-state index in [1.807, 2.05) is 102 Å². The van der Waals surface area contributed by atoms with Crippen molar-refractivity contribution in [1.29, 1.82) is 0 Å². The van der Waals surface area contributed by atoms with E-state index in [1.54, 1.807) is 0 Å². The molecule has 1 aliphatic heterocycles. The zero-order chi connectivity index (χ0) is 26.9. The summed E-state index contributed by atoms with van der Waals surface area (Å²) >= 11 is 7.16. The zero-order valence-electron chi connectivity index (χ0n) is 21.0. The highest BCUT2D eigenvalue weighted by atomic mass is 79.9. The number of piperazine rings is 1. The Morgan fingerprint density at radius 2 is 1.10 bits per heavy atom. The summed E-state index contributed by atoms with van der Waals surface area (Å²) in [4.78, 5) is 30.7. The van der Waals surface area contributed by atoms with Crippen molar-refractivity contribution in [2.75, 3.05) is 36.4 Å². The maximum atomic E-state index is 13.4. The van der Waals surface area contributed by atoms with Crippen LogP contribution in [0.1, 0.15) is 20.7 Å². The normalized spacial score (nSPS) is 13.6. The van der Waals surface area contributed by atoms with Gasteiger partial charge >= 0.3 is 0 Å². The number of benzene rings is 5. The molecule has 1 N–H and O–H groups in total. The van der Waals surface area contributed by atoms with Crippen LogP contribution in [-0.2, 0) is 0 Å². The molecule has 0 unspecified atom stereocenters. The van der Waals surface area contributed by atoms with Crippen molar-refractivity contribution in [3.05, 3.63) is 117 Å². The molecular weight excluding hydrogens is 618 g/mol. The molecule has 5 aromatic rings. The number of rotatable bonds is 4. The lowest BCUT2D eigenvalue weighted by atomic mass is 10.0. The van der Waals surface area contributed by atoms with E-state index in [0.717, 1.165) is 60.5 Å². The van der Waals surface area contributed by atoms with Gasteiger partial charge in [-0.1, -0.05) is 80.4 Å². The van der Waals surface area contributed by atoms with Crippen LogP contribution in [0.5, 0.6) is 0 Å². The third kappa shape index (κ3) is 5.04. The number of nitrogens with zero attached hydrogens (tertiary/aromatic N) is 2. The van der Waals surface area contributed by atoms with Gasteiger partial charge in [-0.3, -0.25) is 9.59 Å². The van der Waals surface area contributed by atoms with E-state index in [4.69, 9.17) is 0 Å². The highest BCUT2D eigenvalue weighted by molar-refractivity contribution is 9.11. The van der Waals surface area contributed by atoms with E-state index in [2.05, 4.69) is 42.1 Å². The Labute approximate surface area is 243 Å². The van der Waals surface area contributed by atoms with Crippen molar-refractivity contribution in [3.63, 3.8) is 0 Å². The minimum absolute atomic E-state index is 0.0666. The molecule has 0 saturated carbocycles. The van der Waals surface area contributed by atoms with Gasteiger partial charge < -0.3 is 15.1 Å². The van der Waals surface area contributed by atoms with Crippen molar-refractivity contribution < 1.29 is 9.59 Å². The van der Waals surface area contributed by atoms with Gasteiger partial charge in [-0.05, 0) is 70.1 Å². The first-order valence-electron chi connectivity index (χ1n) is 12.8. The van der Waals surface area contributed by atoms with Crippen molar-refractivity contribution >= 4 is 76.6 Å². The van der Waals surface area contributed by atoms with Crippen LogP contribution in [0.15, 0.2) is 106 Å². The molecule has 0 aromatic heterocycles. The van der Waals surface area contributed by atoms with Crippen LogP contribution >= 0.6 is 31.9 Å². The fourth-order valence-corrected chi connectivity index (χ4v) is 6.22. The molecule has 39 heavy (non-hydrogen) atoms. The Balaban J connectivity index is 1.11. The maximum absolute atomic E-state index is 13.4. The molecular formula is C32H25Br2N3O2. The second-order valence-electron chi connectivity index (χ2n) is 9.56. The summed E-state index contributed by atoms with van der Waals surface area (Å²) < 4.78 is 1.95. The third-order valence-corrected chi connectivity index (χ3v) is 8.65. The molecule has 2 amide bonds. The van der Waals surface area contributed by atoms with Crippen LogP contribution in [0.4, 0.5) is 11.4 Å². The summed E-state index contributed by atoms with van der Waals surface area (Å²) in [7, 11) is 0. The van der Waals surface area contributed by atoms with Gasteiger partial charge in [0, 0.05) is 57.6 Å². The predicted molar refractivity (Wildman–Crippen MR) is 166 cm³/mol. The molecule has 0 aliphatic carbocycles. The lowest BCUT2D eigenvalue weighted by Crippen LogP contribution is -2.48. The number of amides is 2. The highest BCUT2D eigenvalue weighted by Crippen LogP contribution is 2.29. The minimum atomic E-state index is -0.140. The minimum Gasteiger partial charge on any atom is -0.368 e. The summed E-state index contributed by atoms with van der Waals surface area (Å²) in [6.07, 6.45) is 0. The maximum Gasteiger partial charge on any atom is 0.256 e. The smallest absolute Gasteiger partial charge is 0.256 e. The molecule has 194 valence electrons. The molecule has 1 saturated heterocycles. The van der Waals surface area contributed by atoms with E-state index >= 15 is 0 Å². The van der Waals surface area contributed by atoms with Crippen molar-refractivity contribution in [1.82, 2.24) is 4.90 Å². The molecule has 7 heteroatoms. The van der Waals surface area contributed by atoms with E-state index < -0.39 is 0 Å². The number of nitrogens with one attached hydrogen (secondary N) is 1. The molecule has 0 spiro atoms. The van der Waals surface area contributed by atoms with Crippen LogP contribution in [0.2, 0.25) is 0 Å². The number of carbonyl (C=O) groups excluding carboxylic acids is 2. The van der Waals surface area contributed by atoms with Gasteiger partial charge in [-0.15, -0.1) is 0 Å². The largest absolute Gasteiger partial charge is 0.368 e. The quantitative estimate of drug-likeness (QED) is 0.218. The third-order valence-electron chi connectivity index (χ3n) is 7.27. The predicted octanol–water partition coefficient (Wildman–Crippen LogP) is 7.73. The summed E-state index contributed by atoms with van der Waals surface area (Å²) in [5.74, 6) is -0.0732. The van der Waals surface area contributed by atoms with Crippen LogP contribution in [0.25, 0.3) is 21.5 Å². The molecule has 0 radical (unpaired) electrons. The Morgan fingerprint density at radius 1 is 0.590 bits per heavy atom. The van der Waals surface area contributed by atoms with Crippen LogP contribution in [0, 0.1) is 0 Å². The van der Waals surface area contributed by atoms with Crippen molar-refractivity contribution in [3.8, 4) is 0 Å². The average Bonchev–Trinajstić information content (AvgIpc) is 2.97. The Morgan fingerprint density at radius 3 is 1.72 bits per heavy atom. The molecule has 1 fully saturated rings. The second kappa shape index (κ2) is 10.8. The lowest BCUT2D eigenvalue weighted by Gasteiger charge is -2.36. The standard InChI is InChI=1S/C32H25Br2N3O2/c33-29-11-3-5-23-25(29)7-1-9-27(23)31(38)35-21-13-15-22(16-14-21)36-17-19-37(20-18-36)32(39)28-10-2-8-26-24(28)6-4-12-30(26)34/h1-16H,17-20H2,(H,35,38). The molecule has 6 rings (SSSR count). The SMILES string of the molecule is O=C(Nc1ccc(N2CCN(C(=O)c3cccc4c(Br)cccc34)CC2)cc1)c1cccc2c(Br)cccc12. The lowest BCUT2D eigenvalue weighted by molar-refractivity contribution is 0.0748. The van der Waals surface area contributed by atoms with Crippen molar-refractivity contribution in [2.24, 2.45) is 0 Å². The monoisotopic (exact) mass is 641 g/mol. The molecule has 0 atom stereocenters. The first-order valence-corrected chi connectivity index (χ1v) is 14.4. The van der Waals surface area contributed by atoms with Gasteiger partial charge in [0.2, 0.25) is 0 Å². The summed E-state index contributed by atoms with van der Waals surface area (Å²) in [6, 6.07) is 31.4. The highest BCUT2D eigenvalue weighted by Gasteiger charge is 2.24. The first-order chi connectivity index (χ1) is 19.0. The van der Waals surface area contributed by atoms with Gasteiger partial charge in [0.05, 0.1) is 0 Å². The van der Waals surface area contributed by atoms with E-state index in [1.165, 1.54) is 0 Å². The van der Waals surface area contributed by atoms with E-state index in [0.29, 0.717) is 18.7 Å². The summed E-state index contributed by atoms with van der Waals surface area (Å²) in [6.45, 7) is 2.80. The number of hydrogen-bond donors (Lipinski definition) is 1. The van der Waals surface area contributed by atoms with E-state index in [-0.39, 0.29) is 11.8 Å². The zero-order valence-corrected chi connectivity index (χ0v) is 24.2. The number of halogens is 2. The molecule has 0 bridgehead atoms. The van der Waals surface area contributed by atoms with Crippen LogP contribution < -0.4 is 10.2 Å². The second-order valence-corrected chi connectivity index (χ2v) is 11.3.